The van der Waals surface area contributed by atoms with Gasteiger partial charge in [-0.15, -0.1) is 11.3 Å². The Hall–Kier alpha value is -2.51. The van der Waals surface area contributed by atoms with Crippen LogP contribution in [0.3, 0.4) is 0 Å². The van der Waals surface area contributed by atoms with Crippen LogP contribution in [0.5, 0.6) is 0 Å². The van der Waals surface area contributed by atoms with Crippen molar-refractivity contribution < 1.29 is 4.79 Å². The zero-order valence-corrected chi connectivity index (χ0v) is 15.1. The molecular weight excluding hydrogens is 348 g/mol. The maximum atomic E-state index is 12.8. The fraction of sp³-hybridized carbons (Fsp3) is 0.316. The van der Waals surface area contributed by atoms with Crippen LogP contribution in [-0.2, 0) is 0 Å². The van der Waals surface area contributed by atoms with Gasteiger partial charge < -0.3 is 10.2 Å². The monoisotopic (exact) mass is 368 g/mol. The smallest absolute Gasteiger partial charge is 0.271 e. The van der Waals surface area contributed by atoms with Crippen molar-refractivity contribution in [1.82, 2.24) is 19.6 Å². The number of rotatable bonds is 5. The number of carbonyl (C=O) groups excluding carboxylic acids is 1. The van der Waals surface area contributed by atoms with Gasteiger partial charge in [0.15, 0.2) is 4.96 Å². The number of nitrogens with zero attached hydrogens (tertiary/aromatic N) is 3. The van der Waals surface area contributed by atoms with Gasteiger partial charge in [0, 0.05) is 24.3 Å². The lowest BCUT2D eigenvalue weighted by atomic mass is 10.1. The van der Waals surface area contributed by atoms with Crippen LogP contribution >= 0.6 is 11.3 Å². The number of benzene rings is 1. The largest absolute Gasteiger partial charge is 0.344 e. The highest BCUT2D eigenvalue weighted by Crippen LogP contribution is 2.18. The van der Waals surface area contributed by atoms with Gasteiger partial charge in [0.25, 0.3) is 11.5 Å². The minimum absolute atomic E-state index is 0.0725. The fourth-order valence-electron chi connectivity index (χ4n) is 3.36. The van der Waals surface area contributed by atoms with Gasteiger partial charge in [-0.05, 0) is 31.5 Å². The van der Waals surface area contributed by atoms with E-state index in [1.165, 1.54) is 34.8 Å². The Balaban J connectivity index is 1.60. The molecule has 0 saturated carbocycles. The van der Waals surface area contributed by atoms with E-state index >= 15 is 0 Å². The highest BCUT2D eigenvalue weighted by Gasteiger charge is 2.23. The van der Waals surface area contributed by atoms with E-state index in [0.29, 0.717) is 4.96 Å². The second-order valence-corrected chi connectivity index (χ2v) is 7.35. The standard InChI is InChI=1S/C19H20N4O2S/c24-17(15-12-20-19-23(18(15)25)10-11-26-19)21-16(13-22-8-4-5-9-22)14-6-2-1-3-7-14/h1-3,6-7,10-12,16H,4-5,8-9,13H2,(H,21,24). The summed E-state index contributed by atoms with van der Waals surface area (Å²) >= 11 is 1.37. The number of thiazole rings is 1. The van der Waals surface area contributed by atoms with E-state index in [9.17, 15) is 9.59 Å². The molecule has 7 heteroatoms. The molecule has 26 heavy (non-hydrogen) atoms. The van der Waals surface area contributed by atoms with Gasteiger partial charge in [0.1, 0.15) is 5.56 Å². The summed E-state index contributed by atoms with van der Waals surface area (Å²) in [6, 6.07) is 9.74. The predicted octanol–water partition coefficient (Wildman–Crippen LogP) is 2.32. The lowest BCUT2D eigenvalue weighted by Gasteiger charge is -2.24. The number of likely N-dealkylation sites (tertiary alicyclic amines) is 1. The van der Waals surface area contributed by atoms with Crippen molar-refractivity contribution in [1.29, 1.82) is 0 Å². The third-order valence-corrected chi connectivity index (χ3v) is 5.50. The first-order valence-corrected chi connectivity index (χ1v) is 9.63. The second-order valence-electron chi connectivity index (χ2n) is 6.48. The molecule has 3 heterocycles. The van der Waals surface area contributed by atoms with Crippen LogP contribution in [0, 0.1) is 0 Å². The van der Waals surface area contributed by atoms with Gasteiger partial charge in [-0.2, -0.15) is 0 Å². The van der Waals surface area contributed by atoms with Crippen LogP contribution < -0.4 is 10.9 Å². The van der Waals surface area contributed by atoms with E-state index in [-0.39, 0.29) is 23.1 Å². The zero-order valence-electron chi connectivity index (χ0n) is 14.3. The van der Waals surface area contributed by atoms with Crippen molar-refractivity contribution in [2.45, 2.75) is 18.9 Å². The molecule has 1 saturated heterocycles. The Bertz CT molecular complexity index is 960. The van der Waals surface area contributed by atoms with E-state index in [4.69, 9.17) is 0 Å². The Morgan fingerprint density at radius 1 is 1.23 bits per heavy atom. The summed E-state index contributed by atoms with van der Waals surface area (Å²) in [5, 5.41) is 4.83. The van der Waals surface area contributed by atoms with Gasteiger partial charge in [-0.25, -0.2) is 4.98 Å². The summed E-state index contributed by atoms with van der Waals surface area (Å²) in [6.07, 6.45) is 5.40. The van der Waals surface area contributed by atoms with Gasteiger partial charge in [-0.3, -0.25) is 14.0 Å². The summed E-state index contributed by atoms with van der Waals surface area (Å²) in [5.41, 5.74) is 0.780. The molecule has 2 aromatic heterocycles. The molecule has 1 amide bonds. The van der Waals surface area contributed by atoms with Crippen LogP contribution in [0.4, 0.5) is 0 Å². The molecule has 0 radical (unpaired) electrons. The summed E-state index contributed by atoms with van der Waals surface area (Å²) in [7, 11) is 0. The lowest BCUT2D eigenvalue weighted by molar-refractivity contribution is 0.0925. The van der Waals surface area contributed by atoms with Crippen molar-refractivity contribution in [2.75, 3.05) is 19.6 Å². The quantitative estimate of drug-likeness (QED) is 0.751. The summed E-state index contributed by atoms with van der Waals surface area (Å²) in [4.78, 5) is 32.5. The molecule has 1 atom stereocenters. The number of carbonyl (C=O) groups is 1. The third kappa shape index (κ3) is 3.40. The van der Waals surface area contributed by atoms with Crippen LogP contribution in [0.15, 0.2) is 52.9 Å². The first-order chi connectivity index (χ1) is 12.7. The average Bonchev–Trinajstić information content (AvgIpc) is 3.34. The molecule has 1 N–H and O–H groups in total. The number of nitrogens with one attached hydrogen (secondary N) is 1. The first kappa shape index (κ1) is 16.9. The highest BCUT2D eigenvalue weighted by atomic mass is 32.1. The number of amides is 1. The zero-order chi connectivity index (χ0) is 17.9. The Morgan fingerprint density at radius 2 is 2.00 bits per heavy atom. The number of fused-ring (bicyclic) bond motifs is 1. The number of hydrogen-bond acceptors (Lipinski definition) is 5. The molecule has 1 aliphatic rings. The number of hydrogen-bond donors (Lipinski definition) is 1. The van der Waals surface area contributed by atoms with E-state index in [2.05, 4.69) is 15.2 Å². The number of aromatic nitrogens is 2. The lowest BCUT2D eigenvalue weighted by Crippen LogP contribution is -2.39. The van der Waals surface area contributed by atoms with Crippen LogP contribution in [-0.4, -0.2) is 39.8 Å². The third-order valence-electron chi connectivity index (χ3n) is 4.73. The molecule has 4 rings (SSSR count). The second kappa shape index (κ2) is 7.39. The van der Waals surface area contributed by atoms with Gasteiger partial charge in [-0.1, -0.05) is 30.3 Å². The molecular formula is C19H20N4O2S. The summed E-state index contributed by atoms with van der Waals surface area (Å²) < 4.78 is 1.41. The first-order valence-electron chi connectivity index (χ1n) is 8.75. The molecule has 0 spiro atoms. The minimum atomic E-state index is -0.379. The van der Waals surface area contributed by atoms with Gasteiger partial charge >= 0.3 is 0 Å². The van der Waals surface area contributed by atoms with Crippen LogP contribution in [0.25, 0.3) is 4.96 Å². The van der Waals surface area contributed by atoms with Crippen molar-refractivity contribution in [2.24, 2.45) is 0 Å². The predicted molar refractivity (Wildman–Crippen MR) is 102 cm³/mol. The van der Waals surface area contributed by atoms with Crippen LogP contribution in [0.2, 0.25) is 0 Å². The average molecular weight is 368 g/mol. The highest BCUT2D eigenvalue weighted by molar-refractivity contribution is 7.15. The summed E-state index contributed by atoms with van der Waals surface area (Å²) in [5.74, 6) is -0.379. The Labute approximate surface area is 155 Å². The van der Waals surface area contributed by atoms with Crippen molar-refractivity contribution in [3.8, 4) is 0 Å². The summed E-state index contributed by atoms with van der Waals surface area (Å²) in [6.45, 7) is 2.83. The SMILES string of the molecule is O=C(NC(CN1CCCC1)c1ccccc1)c1cnc2sccn2c1=O. The maximum Gasteiger partial charge on any atom is 0.271 e. The topological polar surface area (TPSA) is 66.7 Å². The molecule has 1 fully saturated rings. The molecule has 1 aliphatic heterocycles. The van der Waals surface area contributed by atoms with E-state index in [1.54, 1.807) is 11.6 Å². The molecule has 6 nitrogen and oxygen atoms in total. The fourth-order valence-corrected chi connectivity index (χ4v) is 4.03. The van der Waals surface area contributed by atoms with Gasteiger partial charge in [0.05, 0.1) is 6.04 Å². The van der Waals surface area contributed by atoms with Crippen molar-refractivity contribution >= 4 is 22.2 Å². The van der Waals surface area contributed by atoms with E-state index in [1.807, 2.05) is 30.3 Å². The maximum absolute atomic E-state index is 12.8. The molecule has 0 bridgehead atoms. The van der Waals surface area contributed by atoms with Crippen molar-refractivity contribution in [3.05, 3.63) is 69.6 Å². The van der Waals surface area contributed by atoms with Crippen molar-refractivity contribution in [3.63, 3.8) is 0 Å². The normalized spacial score (nSPS) is 16.0. The van der Waals surface area contributed by atoms with E-state index < -0.39 is 0 Å². The Kier molecular flexibility index (Phi) is 4.81. The van der Waals surface area contributed by atoms with Crippen LogP contribution in [0.1, 0.15) is 34.8 Å². The Morgan fingerprint density at radius 3 is 2.77 bits per heavy atom. The van der Waals surface area contributed by atoms with E-state index in [0.717, 1.165) is 25.2 Å². The minimum Gasteiger partial charge on any atom is -0.344 e. The molecule has 1 aromatic carbocycles. The van der Waals surface area contributed by atoms with Gasteiger partial charge in [0.2, 0.25) is 0 Å². The molecule has 1 unspecified atom stereocenters. The molecule has 134 valence electrons. The molecule has 0 aliphatic carbocycles. The molecule has 3 aromatic rings.